The monoisotopic (exact) mass is 378 g/mol. The Morgan fingerprint density at radius 3 is 2.89 bits per heavy atom. The molecule has 5 heteroatoms. The number of anilines is 1. The Morgan fingerprint density at radius 2 is 2.07 bits per heavy atom. The van der Waals surface area contributed by atoms with Gasteiger partial charge in [0.05, 0.1) is 14.2 Å². The molecule has 1 unspecified atom stereocenters. The Bertz CT molecular complexity index is 907. The molecule has 28 heavy (non-hydrogen) atoms. The number of carbonyl (C=O) groups excluding carboxylic acids is 1. The van der Waals surface area contributed by atoms with Crippen molar-refractivity contribution in [2.45, 2.75) is 18.9 Å². The number of ether oxygens (including phenoxy) is 2. The van der Waals surface area contributed by atoms with Crippen molar-refractivity contribution in [1.82, 2.24) is 5.32 Å². The van der Waals surface area contributed by atoms with Crippen molar-refractivity contribution in [2.75, 3.05) is 38.8 Å². The first kappa shape index (κ1) is 18.6. The fourth-order valence-corrected chi connectivity index (χ4v) is 4.18. The molecule has 5 nitrogen and oxygen atoms in total. The van der Waals surface area contributed by atoms with Crippen LogP contribution in [0.4, 0.5) is 5.69 Å². The van der Waals surface area contributed by atoms with E-state index >= 15 is 0 Å². The average molecular weight is 378 g/mol. The third-order valence-electron chi connectivity index (χ3n) is 5.64. The summed E-state index contributed by atoms with van der Waals surface area (Å²) < 4.78 is 10.1. The van der Waals surface area contributed by atoms with Gasteiger partial charge in [0.25, 0.3) is 0 Å². The number of methoxy groups -OCH3 is 2. The Labute approximate surface area is 165 Å². The van der Waals surface area contributed by atoms with Crippen LogP contribution in [-0.4, -0.2) is 45.9 Å². The Hall–Kier alpha value is -2.79. The second kappa shape index (κ2) is 8.07. The lowest BCUT2D eigenvalue weighted by Gasteiger charge is -2.25. The van der Waals surface area contributed by atoms with E-state index in [-0.39, 0.29) is 5.97 Å². The number of hydrogen-bond donors (Lipinski definition) is 1. The summed E-state index contributed by atoms with van der Waals surface area (Å²) in [4.78, 5) is 14.1. The van der Waals surface area contributed by atoms with Gasteiger partial charge in [-0.3, -0.25) is 0 Å². The number of fused-ring (bicyclic) bond motifs is 3. The number of rotatable bonds is 4. The van der Waals surface area contributed by atoms with Gasteiger partial charge >= 0.3 is 5.97 Å². The zero-order valence-corrected chi connectivity index (χ0v) is 16.4. The van der Waals surface area contributed by atoms with E-state index in [1.165, 1.54) is 30.9 Å². The Balaban J connectivity index is 1.73. The predicted octanol–water partition coefficient (Wildman–Crippen LogP) is 3.27. The Kier molecular flexibility index (Phi) is 5.35. The van der Waals surface area contributed by atoms with Crippen LogP contribution in [0.15, 0.2) is 42.5 Å². The minimum absolute atomic E-state index is 0.373. The first-order valence-corrected chi connectivity index (χ1v) is 9.74. The highest BCUT2D eigenvalue weighted by atomic mass is 16.5. The van der Waals surface area contributed by atoms with E-state index < -0.39 is 0 Å². The van der Waals surface area contributed by atoms with Crippen molar-refractivity contribution < 1.29 is 14.3 Å². The SMILES string of the molecule is COC(=O)C=Cc1cc(OC)ccc1-c1ccc2c(c1)N1CCNCCC1C2. The maximum Gasteiger partial charge on any atom is 0.330 e. The van der Waals surface area contributed by atoms with Gasteiger partial charge in [0, 0.05) is 30.9 Å². The smallest absolute Gasteiger partial charge is 0.330 e. The topological polar surface area (TPSA) is 50.8 Å². The van der Waals surface area contributed by atoms with Gasteiger partial charge in [-0.2, -0.15) is 0 Å². The lowest BCUT2D eigenvalue weighted by molar-refractivity contribution is -0.134. The molecule has 0 aliphatic carbocycles. The van der Waals surface area contributed by atoms with Crippen molar-refractivity contribution >= 4 is 17.7 Å². The van der Waals surface area contributed by atoms with Crippen LogP contribution in [0.1, 0.15) is 17.5 Å². The number of benzene rings is 2. The molecule has 0 amide bonds. The molecule has 1 saturated heterocycles. The van der Waals surface area contributed by atoms with E-state index in [0.717, 1.165) is 48.5 Å². The van der Waals surface area contributed by atoms with Gasteiger partial charge < -0.3 is 19.7 Å². The molecule has 2 aliphatic heterocycles. The molecular formula is C23H26N2O3. The van der Waals surface area contributed by atoms with Gasteiger partial charge in [0.2, 0.25) is 0 Å². The molecule has 1 N–H and O–H groups in total. The highest BCUT2D eigenvalue weighted by Gasteiger charge is 2.30. The third kappa shape index (κ3) is 3.62. The van der Waals surface area contributed by atoms with Crippen LogP contribution < -0.4 is 15.0 Å². The van der Waals surface area contributed by atoms with Gasteiger partial charge in [0.1, 0.15) is 5.75 Å². The van der Waals surface area contributed by atoms with Gasteiger partial charge in [0.15, 0.2) is 0 Å². The number of esters is 1. The van der Waals surface area contributed by atoms with Gasteiger partial charge in [-0.25, -0.2) is 4.79 Å². The summed E-state index contributed by atoms with van der Waals surface area (Å²) >= 11 is 0. The van der Waals surface area contributed by atoms with Crippen molar-refractivity contribution in [3.8, 4) is 16.9 Å². The van der Waals surface area contributed by atoms with Crippen LogP contribution in [0.3, 0.4) is 0 Å². The van der Waals surface area contributed by atoms with Crippen LogP contribution in [0, 0.1) is 0 Å². The van der Waals surface area contributed by atoms with Crippen LogP contribution >= 0.6 is 0 Å². The van der Waals surface area contributed by atoms with Crippen LogP contribution in [0.25, 0.3) is 17.2 Å². The standard InChI is InChI=1S/C23H26N2O3/c1-27-20-6-7-21(16(14-20)5-8-23(26)28-2)17-3-4-18-13-19-9-10-24-11-12-25(19)22(18)15-17/h3-8,14-15,19,24H,9-13H2,1-2H3. The first-order chi connectivity index (χ1) is 13.7. The number of nitrogens with zero attached hydrogens (tertiary/aromatic N) is 1. The molecule has 0 aromatic heterocycles. The summed E-state index contributed by atoms with van der Waals surface area (Å²) in [6.45, 7) is 3.15. The lowest BCUT2D eigenvalue weighted by Crippen LogP contribution is -2.32. The van der Waals surface area contributed by atoms with E-state index in [4.69, 9.17) is 9.47 Å². The van der Waals surface area contributed by atoms with E-state index in [9.17, 15) is 4.79 Å². The summed E-state index contributed by atoms with van der Waals surface area (Å²) in [5, 5.41) is 3.50. The molecule has 0 saturated carbocycles. The Morgan fingerprint density at radius 1 is 1.18 bits per heavy atom. The second-order valence-corrected chi connectivity index (χ2v) is 7.24. The van der Waals surface area contributed by atoms with Crippen LogP contribution in [-0.2, 0) is 16.0 Å². The number of hydrogen-bond acceptors (Lipinski definition) is 5. The molecule has 0 spiro atoms. The summed E-state index contributed by atoms with van der Waals surface area (Å²) in [6.07, 6.45) is 5.53. The fourth-order valence-electron chi connectivity index (χ4n) is 4.18. The highest BCUT2D eigenvalue weighted by Crippen LogP contribution is 2.38. The normalized spacial score (nSPS) is 18.5. The summed E-state index contributed by atoms with van der Waals surface area (Å²) in [7, 11) is 3.03. The molecule has 4 rings (SSSR count). The summed E-state index contributed by atoms with van der Waals surface area (Å²) in [5.74, 6) is 0.385. The third-order valence-corrected chi connectivity index (χ3v) is 5.64. The van der Waals surface area contributed by atoms with E-state index in [1.54, 1.807) is 13.2 Å². The van der Waals surface area contributed by atoms with Crippen LogP contribution in [0.5, 0.6) is 5.75 Å². The van der Waals surface area contributed by atoms with Crippen molar-refractivity contribution in [3.63, 3.8) is 0 Å². The molecule has 146 valence electrons. The quantitative estimate of drug-likeness (QED) is 0.654. The largest absolute Gasteiger partial charge is 0.497 e. The maximum absolute atomic E-state index is 11.6. The first-order valence-electron chi connectivity index (χ1n) is 9.74. The number of nitrogens with one attached hydrogen (secondary N) is 1. The van der Waals surface area contributed by atoms with Gasteiger partial charge in [-0.1, -0.05) is 18.2 Å². The summed E-state index contributed by atoms with van der Waals surface area (Å²) in [6, 6.07) is 13.3. The minimum Gasteiger partial charge on any atom is -0.497 e. The molecule has 0 radical (unpaired) electrons. The van der Waals surface area contributed by atoms with E-state index in [0.29, 0.717) is 6.04 Å². The molecule has 2 heterocycles. The van der Waals surface area contributed by atoms with Crippen LogP contribution in [0.2, 0.25) is 0 Å². The second-order valence-electron chi connectivity index (χ2n) is 7.24. The summed E-state index contributed by atoms with van der Waals surface area (Å²) in [5.41, 5.74) is 5.90. The predicted molar refractivity (Wildman–Crippen MR) is 112 cm³/mol. The van der Waals surface area contributed by atoms with E-state index in [2.05, 4.69) is 28.4 Å². The van der Waals surface area contributed by atoms with Crippen molar-refractivity contribution in [2.24, 2.45) is 0 Å². The lowest BCUT2D eigenvalue weighted by atomic mass is 9.97. The maximum atomic E-state index is 11.6. The molecule has 1 atom stereocenters. The fraction of sp³-hybridized carbons (Fsp3) is 0.348. The van der Waals surface area contributed by atoms with E-state index in [1.807, 2.05) is 18.2 Å². The van der Waals surface area contributed by atoms with Gasteiger partial charge in [-0.15, -0.1) is 0 Å². The molecule has 1 fully saturated rings. The molecule has 2 aromatic carbocycles. The molecule has 2 aromatic rings. The molecular weight excluding hydrogens is 352 g/mol. The van der Waals surface area contributed by atoms with Crippen molar-refractivity contribution in [3.05, 3.63) is 53.6 Å². The minimum atomic E-state index is -0.373. The van der Waals surface area contributed by atoms with Crippen molar-refractivity contribution in [1.29, 1.82) is 0 Å². The average Bonchev–Trinajstić information content (AvgIpc) is 2.91. The molecule has 0 bridgehead atoms. The highest BCUT2D eigenvalue weighted by molar-refractivity contribution is 5.89. The zero-order chi connectivity index (χ0) is 19.5. The number of carbonyl (C=O) groups is 1. The molecule has 2 aliphatic rings. The van der Waals surface area contributed by atoms with Gasteiger partial charge in [-0.05, 0) is 65.9 Å². The zero-order valence-electron chi connectivity index (χ0n) is 16.4.